The van der Waals surface area contributed by atoms with Gasteiger partial charge in [0.25, 0.3) is 0 Å². The van der Waals surface area contributed by atoms with Crippen LogP contribution in [0.25, 0.3) is 0 Å². The van der Waals surface area contributed by atoms with Crippen LogP contribution in [-0.2, 0) is 15.5 Å². The molecule has 0 aliphatic rings. The Labute approximate surface area is 163 Å². The molecule has 148 valence electrons. The van der Waals surface area contributed by atoms with Crippen LogP contribution in [0.2, 0.25) is 0 Å². The van der Waals surface area contributed by atoms with E-state index >= 15 is 0 Å². The topological polar surface area (TPSA) is 26.3 Å². The van der Waals surface area contributed by atoms with Crippen molar-refractivity contribution in [2.45, 2.75) is 97.8 Å². The van der Waals surface area contributed by atoms with E-state index in [-0.39, 0.29) is 0 Å². The maximum Gasteiger partial charge on any atom is 0.549 e. The van der Waals surface area contributed by atoms with E-state index in [0.717, 1.165) is 18.1 Å². The zero-order valence-corrected chi connectivity index (χ0v) is 18.2. The van der Waals surface area contributed by atoms with Gasteiger partial charge in [0, 0.05) is 5.56 Å². The van der Waals surface area contributed by atoms with Crippen molar-refractivity contribution >= 4 is 13.3 Å². The average Bonchev–Trinajstić information content (AvgIpc) is 2.67. The summed E-state index contributed by atoms with van der Waals surface area (Å²) in [4.78, 5) is 0. The fourth-order valence-corrected chi connectivity index (χ4v) is 4.43. The van der Waals surface area contributed by atoms with Gasteiger partial charge in [-0.05, 0) is 35.8 Å². The second-order valence-electron chi connectivity index (χ2n) is 7.47. The van der Waals surface area contributed by atoms with Crippen LogP contribution in [0.5, 0.6) is 0 Å². The lowest BCUT2D eigenvalue weighted by molar-refractivity contribution is 0.247. The molecule has 26 heavy (non-hydrogen) atoms. The largest absolute Gasteiger partial charge is 0.549 e. The molecular weight excluding hydrogens is 339 g/mol. The third-order valence-corrected chi connectivity index (χ3v) is 6.42. The minimum Gasteiger partial charge on any atom is -0.141 e. The molecule has 2 nitrogen and oxygen atoms in total. The van der Waals surface area contributed by atoms with E-state index in [1.165, 1.54) is 69.8 Å². The number of hydrogen-bond donors (Lipinski definition) is 0. The number of rotatable bonds is 16. The zero-order chi connectivity index (χ0) is 19.0. The number of aryl methyl sites for hydroxylation is 1. The Bertz CT molecular complexity index is 487. The molecule has 2 unspecified atom stereocenters. The van der Waals surface area contributed by atoms with E-state index in [0.29, 0.717) is 12.5 Å². The lowest BCUT2D eigenvalue weighted by Gasteiger charge is -2.10. The van der Waals surface area contributed by atoms with E-state index < -0.39 is 8.03 Å². The van der Waals surface area contributed by atoms with Crippen molar-refractivity contribution in [3.8, 4) is 0 Å². The molecule has 0 aliphatic carbocycles. The van der Waals surface area contributed by atoms with E-state index in [4.69, 9.17) is 4.52 Å². The Hall–Kier alpha value is -0.720. The molecule has 0 radical (unpaired) electrons. The molecular formula is C23H40O2P+. The summed E-state index contributed by atoms with van der Waals surface area (Å²) in [6.45, 7) is 7.30. The van der Waals surface area contributed by atoms with E-state index in [2.05, 4.69) is 32.9 Å². The highest BCUT2D eigenvalue weighted by Gasteiger charge is 2.26. The van der Waals surface area contributed by atoms with Gasteiger partial charge in [-0.25, -0.2) is 0 Å². The van der Waals surface area contributed by atoms with Gasteiger partial charge in [-0.3, -0.25) is 0 Å². The first kappa shape index (κ1) is 23.3. The van der Waals surface area contributed by atoms with Gasteiger partial charge in [-0.2, -0.15) is 0 Å². The molecule has 0 bridgehead atoms. The predicted octanol–water partition coefficient (Wildman–Crippen LogP) is 7.58. The fourth-order valence-electron chi connectivity index (χ4n) is 3.31. The molecule has 0 aliphatic heterocycles. The second-order valence-corrected chi connectivity index (χ2v) is 8.72. The van der Waals surface area contributed by atoms with Gasteiger partial charge >= 0.3 is 8.03 Å². The molecule has 0 N–H and O–H groups in total. The van der Waals surface area contributed by atoms with Crippen molar-refractivity contribution in [2.75, 3.05) is 6.61 Å². The molecule has 0 amide bonds. The molecule has 0 fully saturated rings. The predicted molar refractivity (Wildman–Crippen MR) is 115 cm³/mol. The summed E-state index contributed by atoms with van der Waals surface area (Å²) in [5.74, 6) is 0.532. The highest BCUT2D eigenvalue weighted by Crippen LogP contribution is 2.27. The Morgan fingerprint density at radius 3 is 2.23 bits per heavy atom. The highest BCUT2D eigenvalue weighted by molar-refractivity contribution is 7.48. The summed E-state index contributed by atoms with van der Waals surface area (Å²) in [5.41, 5.74) is 1.21. The standard InChI is InChI=1S/C23H40O2P/c1-4-7-9-10-11-12-13-17-22-18-14-15-19-23(22)26(24)25-20-21(6-3)16-8-5-2/h14-15,18-19,21H,4-13,16-17,20H2,1-3H3/q+1. The van der Waals surface area contributed by atoms with Crippen LogP contribution in [0.1, 0.15) is 97.0 Å². The SMILES string of the molecule is CCCCCCCCCc1ccccc1[P+](=O)OCC(CC)CCCC. The molecule has 3 heteroatoms. The third-order valence-electron chi connectivity index (χ3n) is 5.21. The van der Waals surface area contributed by atoms with Gasteiger partial charge in [-0.1, -0.05) is 96.8 Å². The minimum atomic E-state index is -1.73. The molecule has 1 rings (SSSR count). The molecule has 1 aromatic carbocycles. The molecule has 0 saturated carbocycles. The van der Waals surface area contributed by atoms with Crippen molar-refractivity contribution in [3.05, 3.63) is 29.8 Å². The number of benzene rings is 1. The van der Waals surface area contributed by atoms with Gasteiger partial charge in [0.1, 0.15) is 6.61 Å². The van der Waals surface area contributed by atoms with Crippen molar-refractivity contribution in [2.24, 2.45) is 5.92 Å². The number of hydrogen-bond acceptors (Lipinski definition) is 2. The first-order chi connectivity index (χ1) is 12.7. The second kappa shape index (κ2) is 15.3. The van der Waals surface area contributed by atoms with Gasteiger partial charge in [-0.15, -0.1) is 4.52 Å². The van der Waals surface area contributed by atoms with Crippen molar-refractivity contribution < 1.29 is 9.09 Å². The summed E-state index contributed by atoms with van der Waals surface area (Å²) in [6.07, 6.45) is 14.9. The molecule has 0 saturated heterocycles. The van der Waals surface area contributed by atoms with Crippen molar-refractivity contribution in [1.29, 1.82) is 0 Å². The van der Waals surface area contributed by atoms with Crippen molar-refractivity contribution in [1.82, 2.24) is 0 Å². The quantitative estimate of drug-likeness (QED) is 0.218. The lowest BCUT2D eigenvalue weighted by Crippen LogP contribution is -2.11. The van der Waals surface area contributed by atoms with Crippen LogP contribution in [0.3, 0.4) is 0 Å². The molecule has 0 spiro atoms. The maximum atomic E-state index is 12.7. The van der Waals surface area contributed by atoms with Gasteiger partial charge in [0.05, 0.1) is 0 Å². The zero-order valence-electron chi connectivity index (χ0n) is 17.3. The lowest BCUT2D eigenvalue weighted by atomic mass is 10.0. The fraction of sp³-hybridized carbons (Fsp3) is 0.739. The smallest absolute Gasteiger partial charge is 0.141 e. The molecule has 0 heterocycles. The Balaban J connectivity index is 2.42. The monoisotopic (exact) mass is 379 g/mol. The summed E-state index contributed by atoms with van der Waals surface area (Å²) in [6, 6.07) is 8.15. The summed E-state index contributed by atoms with van der Waals surface area (Å²) in [7, 11) is -1.73. The maximum absolute atomic E-state index is 12.7. The van der Waals surface area contributed by atoms with Crippen LogP contribution in [0.4, 0.5) is 0 Å². The molecule has 0 aromatic heterocycles. The average molecular weight is 380 g/mol. The van der Waals surface area contributed by atoms with E-state index in [1.807, 2.05) is 12.1 Å². The minimum absolute atomic E-state index is 0.532. The van der Waals surface area contributed by atoms with Crippen LogP contribution in [0, 0.1) is 5.92 Å². The Morgan fingerprint density at radius 1 is 0.885 bits per heavy atom. The van der Waals surface area contributed by atoms with Crippen LogP contribution < -0.4 is 5.30 Å². The molecule has 1 aromatic rings. The number of unbranched alkanes of at least 4 members (excludes halogenated alkanes) is 7. The van der Waals surface area contributed by atoms with Crippen LogP contribution >= 0.6 is 8.03 Å². The summed E-state index contributed by atoms with van der Waals surface area (Å²) in [5, 5.41) is 0.916. The molecule has 2 atom stereocenters. The van der Waals surface area contributed by atoms with Gasteiger partial charge in [0.15, 0.2) is 0 Å². The van der Waals surface area contributed by atoms with Crippen LogP contribution in [0.15, 0.2) is 24.3 Å². The first-order valence-corrected chi connectivity index (χ1v) is 12.1. The highest BCUT2D eigenvalue weighted by atomic mass is 31.1. The normalized spacial score (nSPS) is 13.0. The van der Waals surface area contributed by atoms with Gasteiger partial charge in [0.2, 0.25) is 5.30 Å². The third kappa shape index (κ3) is 9.83. The van der Waals surface area contributed by atoms with E-state index in [1.54, 1.807) is 0 Å². The van der Waals surface area contributed by atoms with Gasteiger partial charge < -0.3 is 0 Å². The van der Waals surface area contributed by atoms with E-state index in [9.17, 15) is 4.57 Å². The summed E-state index contributed by atoms with van der Waals surface area (Å²) >= 11 is 0. The Kier molecular flexibility index (Phi) is 13.8. The summed E-state index contributed by atoms with van der Waals surface area (Å²) < 4.78 is 18.5. The Morgan fingerprint density at radius 2 is 1.54 bits per heavy atom. The first-order valence-electron chi connectivity index (χ1n) is 10.9. The van der Waals surface area contributed by atoms with Crippen LogP contribution in [-0.4, -0.2) is 6.61 Å². The van der Waals surface area contributed by atoms with Crippen molar-refractivity contribution in [3.63, 3.8) is 0 Å².